The molecule has 3 aromatic rings. The molecule has 2 atom stereocenters. The number of aromatic nitrogens is 3. The highest BCUT2D eigenvalue weighted by atomic mass is 35.5. The molecule has 0 aliphatic rings. The predicted octanol–water partition coefficient (Wildman–Crippen LogP) is 5.68. The minimum absolute atomic E-state index is 0.0540. The van der Waals surface area contributed by atoms with Gasteiger partial charge in [0, 0.05) is 29.0 Å². The maximum atomic E-state index is 12.9. The smallest absolute Gasteiger partial charge is 0.394 e. The number of anilines is 1. The Bertz CT molecular complexity index is 1300. The number of hydrogen-bond acceptors (Lipinski definition) is 9. The number of nitrogens with one attached hydrogen (secondary N) is 3. The number of amides is 1. The lowest BCUT2D eigenvalue weighted by Gasteiger charge is -2.20. The zero-order valence-corrected chi connectivity index (χ0v) is 24.8. The van der Waals surface area contributed by atoms with Gasteiger partial charge in [-0.1, -0.05) is 30.7 Å². The standard InChI is InChI=1S/C27H37ClN5O6P/c1-5-22(11-12-39-40(36,37-6-2)38-7-3)31-27-30-15-18(4)25(33-27)20-14-23(29-16-20)26(35)32-24(17-34)19-9-8-10-21(28)13-19/h8-10,13-16,22,24,29,34H,5-7,11-12,17H2,1-4H3,(H,32,35)(H,30,31,33)/t22-,24-/m1/s1. The monoisotopic (exact) mass is 593 g/mol. The normalized spacial score (nSPS) is 13.2. The van der Waals surface area contributed by atoms with Gasteiger partial charge in [-0.3, -0.25) is 18.4 Å². The van der Waals surface area contributed by atoms with Gasteiger partial charge in [-0.25, -0.2) is 14.5 Å². The first kappa shape index (κ1) is 31.7. The van der Waals surface area contributed by atoms with Gasteiger partial charge in [0.1, 0.15) is 5.69 Å². The van der Waals surface area contributed by atoms with Crippen LogP contribution in [-0.4, -0.2) is 58.4 Å². The molecule has 0 spiro atoms. The molecule has 218 valence electrons. The zero-order chi connectivity index (χ0) is 29.1. The third-order valence-electron chi connectivity index (χ3n) is 6.03. The largest absolute Gasteiger partial charge is 0.474 e. The van der Waals surface area contributed by atoms with Gasteiger partial charge in [-0.05, 0) is 62.9 Å². The number of phosphoric acid groups is 1. The number of carbonyl (C=O) groups is 1. The van der Waals surface area contributed by atoms with E-state index in [4.69, 9.17) is 25.2 Å². The van der Waals surface area contributed by atoms with Crippen molar-refractivity contribution >= 4 is 31.3 Å². The highest BCUT2D eigenvalue weighted by Crippen LogP contribution is 2.49. The van der Waals surface area contributed by atoms with Gasteiger partial charge in [0.15, 0.2) is 0 Å². The van der Waals surface area contributed by atoms with Crippen molar-refractivity contribution in [3.63, 3.8) is 0 Å². The molecule has 0 aliphatic heterocycles. The van der Waals surface area contributed by atoms with Crippen LogP contribution >= 0.6 is 19.4 Å². The van der Waals surface area contributed by atoms with E-state index in [1.54, 1.807) is 56.6 Å². The predicted molar refractivity (Wildman–Crippen MR) is 154 cm³/mol. The Morgan fingerprint density at radius 3 is 2.58 bits per heavy atom. The zero-order valence-electron chi connectivity index (χ0n) is 23.1. The molecule has 40 heavy (non-hydrogen) atoms. The average Bonchev–Trinajstić information content (AvgIpc) is 3.42. The summed E-state index contributed by atoms with van der Waals surface area (Å²) in [5.41, 5.74) is 3.22. The van der Waals surface area contributed by atoms with Crippen LogP contribution < -0.4 is 10.6 Å². The van der Waals surface area contributed by atoms with Crippen LogP contribution in [-0.2, 0) is 18.1 Å². The van der Waals surface area contributed by atoms with Gasteiger partial charge in [0.05, 0.1) is 38.2 Å². The number of benzene rings is 1. The van der Waals surface area contributed by atoms with E-state index in [2.05, 4.69) is 25.6 Å². The molecular weight excluding hydrogens is 557 g/mol. The Kier molecular flexibility index (Phi) is 12.1. The second-order valence-electron chi connectivity index (χ2n) is 8.95. The molecule has 0 radical (unpaired) electrons. The van der Waals surface area contributed by atoms with Crippen molar-refractivity contribution in [3.8, 4) is 11.3 Å². The second-order valence-corrected chi connectivity index (χ2v) is 11.1. The van der Waals surface area contributed by atoms with Crippen molar-refractivity contribution in [1.82, 2.24) is 20.3 Å². The topological polar surface area (TPSA) is 148 Å². The number of nitrogens with zero attached hydrogens (tertiary/aromatic N) is 2. The van der Waals surface area contributed by atoms with Gasteiger partial charge in [-0.2, -0.15) is 0 Å². The van der Waals surface area contributed by atoms with E-state index >= 15 is 0 Å². The summed E-state index contributed by atoms with van der Waals surface area (Å²) in [4.78, 5) is 25.0. The number of aryl methyl sites for hydroxylation is 1. The van der Waals surface area contributed by atoms with Crippen LogP contribution in [0.3, 0.4) is 0 Å². The summed E-state index contributed by atoms with van der Waals surface area (Å²) in [6.45, 7) is 7.68. The molecule has 2 aromatic heterocycles. The molecule has 1 aromatic carbocycles. The molecule has 11 nitrogen and oxygen atoms in total. The van der Waals surface area contributed by atoms with E-state index in [-0.39, 0.29) is 38.4 Å². The summed E-state index contributed by atoms with van der Waals surface area (Å²) >= 11 is 6.06. The van der Waals surface area contributed by atoms with Crippen LogP contribution in [0.25, 0.3) is 11.3 Å². The number of rotatable bonds is 16. The maximum absolute atomic E-state index is 12.9. The van der Waals surface area contributed by atoms with E-state index < -0.39 is 13.9 Å². The van der Waals surface area contributed by atoms with Gasteiger partial charge >= 0.3 is 7.82 Å². The van der Waals surface area contributed by atoms with Gasteiger partial charge in [0.2, 0.25) is 5.95 Å². The highest BCUT2D eigenvalue weighted by molar-refractivity contribution is 7.48. The quantitative estimate of drug-likeness (QED) is 0.154. The van der Waals surface area contributed by atoms with Crippen LogP contribution in [0.15, 0.2) is 42.7 Å². The Hall–Kier alpha value is -2.79. The number of halogens is 1. The number of aliphatic hydroxyl groups excluding tert-OH is 1. The lowest BCUT2D eigenvalue weighted by Crippen LogP contribution is -2.31. The summed E-state index contributed by atoms with van der Waals surface area (Å²) in [6, 6.07) is 8.02. The lowest BCUT2D eigenvalue weighted by atomic mass is 10.1. The SMILES string of the molecule is CCOP(=O)(OCC)OCC[C@@H](CC)Nc1ncc(C)c(-c2c[nH]c(C(=O)N[C@H](CO)c3cccc(Cl)c3)c2)n1. The van der Waals surface area contributed by atoms with E-state index in [0.717, 1.165) is 12.0 Å². The van der Waals surface area contributed by atoms with Crippen molar-refractivity contribution in [2.75, 3.05) is 31.7 Å². The second kappa shape index (κ2) is 15.3. The van der Waals surface area contributed by atoms with Crippen molar-refractivity contribution in [1.29, 1.82) is 0 Å². The molecule has 0 aliphatic carbocycles. The molecule has 1 amide bonds. The molecule has 0 saturated heterocycles. The fourth-order valence-corrected chi connectivity index (χ4v) is 5.34. The molecule has 0 bridgehead atoms. The van der Waals surface area contributed by atoms with E-state index in [9.17, 15) is 14.5 Å². The molecule has 4 N–H and O–H groups in total. The molecule has 3 rings (SSSR count). The molecule has 2 heterocycles. The maximum Gasteiger partial charge on any atom is 0.474 e. The Labute approximate surface area is 239 Å². The first-order chi connectivity index (χ1) is 19.2. The van der Waals surface area contributed by atoms with Crippen LogP contribution in [0.5, 0.6) is 0 Å². The third-order valence-corrected chi connectivity index (χ3v) is 7.91. The molecular formula is C27H37ClN5O6P. The fraction of sp³-hybridized carbons (Fsp3) is 0.444. The summed E-state index contributed by atoms with van der Waals surface area (Å²) in [5, 5.41) is 16.5. The number of aliphatic hydroxyl groups is 1. The Morgan fingerprint density at radius 1 is 1.18 bits per heavy atom. The van der Waals surface area contributed by atoms with E-state index in [1.165, 1.54) is 0 Å². The van der Waals surface area contributed by atoms with E-state index in [1.807, 2.05) is 13.8 Å². The van der Waals surface area contributed by atoms with Crippen LogP contribution in [0.1, 0.15) is 61.3 Å². The first-order valence-corrected chi connectivity index (χ1v) is 15.1. The van der Waals surface area contributed by atoms with Gasteiger partial charge in [-0.15, -0.1) is 0 Å². The van der Waals surface area contributed by atoms with Crippen molar-refractivity contribution in [2.45, 2.75) is 52.6 Å². The number of hydrogen-bond donors (Lipinski definition) is 4. The lowest BCUT2D eigenvalue weighted by molar-refractivity contribution is 0.0911. The Balaban J connectivity index is 1.67. The molecule has 13 heteroatoms. The molecule has 0 unspecified atom stereocenters. The number of carbonyl (C=O) groups excluding carboxylic acids is 1. The van der Waals surface area contributed by atoms with Crippen LogP contribution in [0.2, 0.25) is 5.02 Å². The first-order valence-electron chi connectivity index (χ1n) is 13.2. The number of aromatic amines is 1. The number of H-pyrrole nitrogens is 1. The highest BCUT2D eigenvalue weighted by Gasteiger charge is 2.25. The van der Waals surface area contributed by atoms with Crippen molar-refractivity contribution < 1.29 is 28.0 Å². The van der Waals surface area contributed by atoms with E-state index in [0.29, 0.717) is 39.9 Å². The summed E-state index contributed by atoms with van der Waals surface area (Å²) in [5.74, 6) is 0.0384. The van der Waals surface area contributed by atoms with Crippen molar-refractivity contribution in [2.24, 2.45) is 0 Å². The van der Waals surface area contributed by atoms with Crippen molar-refractivity contribution in [3.05, 3.63) is 64.6 Å². The summed E-state index contributed by atoms with van der Waals surface area (Å²) < 4.78 is 28.3. The van der Waals surface area contributed by atoms with Crippen LogP contribution in [0, 0.1) is 6.92 Å². The Morgan fingerprint density at radius 2 is 1.93 bits per heavy atom. The van der Waals surface area contributed by atoms with Gasteiger partial charge < -0.3 is 20.7 Å². The minimum Gasteiger partial charge on any atom is -0.394 e. The number of phosphoric ester groups is 1. The molecule has 0 saturated carbocycles. The fourth-order valence-electron chi connectivity index (χ4n) is 3.96. The summed E-state index contributed by atoms with van der Waals surface area (Å²) in [7, 11) is -3.57. The molecule has 0 fully saturated rings. The third kappa shape index (κ3) is 8.86. The van der Waals surface area contributed by atoms with Gasteiger partial charge in [0.25, 0.3) is 5.91 Å². The summed E-state index contributed by atoms with van der Waals surface area (Å²) in [6.07, 6.45) is 4.68. The average molecular weight is 594 g/mol. The minimum atomic E-state index is -3.57. The van der Waals surface area contributed by atoms with Crippen LogP contribution in [0.4, 0.5) is 5.95 Å².